The molecule has 3 rings (SSSR count). The molecule has 2 aromatic carbocycles. The Bertz CT molecular complexity index is 1150. The van der Waals surface area contributed by atoms with Crippen molar-refractivity contribution in [2.75, 3.05) is 0 Å². The molecule has 27 heavy (non-hydrogen) atoms. The third kappa shape index (κ3) is 4.26. The summed E-state index contributed by atoms with van der Waals surface area (Å²) < 4.78 is 29.7. The summed E-state index contributed by atoms with van der Waals surface area (Å²) >= 11 is 12.6. The standard InChI is InChI=1S/C17H12Br2ClN3O3S/c1-23-9-14(21-16(23)11-4-2-3-5-13(11)20)17(24)22-27(25,26)15-8-10(18)6-7-12(15)19/h2-9H,1H3,(H,22,24). The zero-order chi connectivity index (χ0) is 19.8. The minimum absolute atomic E-state index is 0.0397. The van der Waals surface area contributed by atoms with E-state index in [4.69, 9.17) is 11.6 Å². The number of benzene rings is 2. The highest BCUT2D eigenvalue weighted by molar-refractivity contribution is 9.11. The van der Waals surface area contributed by atoms with Crippen molar-refractivity contribution < 1.29 is 13.2 Å². The molecular weight excluding hydrogens is 522 g/mol. The van der Waals surface area contributed by atoms with Gasteiger partial charge >= 0.3 is 0 Å². The van der Waals surface area contributed by atoms with Gasteiger partial charge in [0.2, 0.25) is 0 Å². The van der Waals surface area contributed by atoms with Crippen molar-refractivity contribution in [2.45, 2.75) is 4.90 Å². The average Bonchev–Trinajstić information content (AvgIpc) is 2.99. The van der Waals surface area contributed by atoms with Gasteiger partial charge in [0.15, 0.2) is 0 Å². The molecule has 0 bridgehead atoms. The Morgan fingerprint density at radius 2 is 1.89 bits per heavy atom. The number of hydrogen-bond acceptors (Lipinski definition) is 4. The number of halogens is 3. The van der Waals surface area contributed by atoms with Crippen LogP contribution in [0.4, 0.5) is 0 Å². The fourth-order valence-corrected chi connectivity index (χ4v) is 5.07. The van der Waals surface area contributed by atoms with E-state index in [1.165, 1.54) is 12.3 Å². The lowest BCUT2D eigenvalue weighted by molar-refractivity contribution is 0.0977. The van der Waals surface area contributed by atoms with Crippen LogP contribution in [0.3, 0.4) is 0 Å². The second kappa shape index (κ2) is 7.75. The van der Waals surface area contributed by atoms with E-state index in [9.17, 15) is 13.2 Å². The van der Waals surface area contributed by atoms with Crippen LogP contribution in [0, 0.1) is 0 Å². The Morgan fingerprint density at radius 1 is 1.19 bits per heavy atom. The van der Waals surface area contributed by atoms with E-state index in [2.05, 4.69) is 36.8 Å². The van der Waals surface area contributed by atoms with Gasteiger partial charge in [-0.05, 0) is 46.3 Å². The highest BCUT2D eigenvalue weighted by Crippen LogP contribution is 2.27. The summed E-state index contributed by atoms with van der Waals surface area (Å²) in [6.45, 7) is 0. The van der Waals surface area contributed by atoms with Crippen LogP contribution in [0.15, 0.2) is 62.5 Å². The quantitative estimate of drug-likeness (QED) is 0.540. The number of nitrogens with one attached hydrogen (secondary N) is 1. The SMILES string of the molecule is Cn1cc(C(=O)NS(=O)(=O)c2cc(Br)ccc2Br)nc1-c1ccccc1Cl. The maximum atomic E-state index is 12.6. The number of hydrogen-bond donors (Lipinski definition) is 1. The predicted octanol–water partition coefficient (Wildman–Crippen LogP) is 4.38. The Labute approximate surface area is 177 Å². The van der Waals surface area contributed by atoms with Crippen LogP contribution in [0.2, 0.25) is 5.02 Å². The van der Waals surface area contributed by atoms with E-state index < -0.39 is 15.9 Å². The molecule has 140 valence electrons. The van der Waals surface area contributed by atoms with Gasteiger partial charge in [-0.25, -0.2) is 18.1 Å². The number of carbonyl (C=O) groups is 1. The Kier molecular flexibility index (Phi) is 5.76. The number of carbonyl (C=O) groups excluding carboxylic acids is 1. The first-order chi connectivity index (χ1) is 12.7. The maximum absolute atomic E-state index is 12.6. The minimum Gasteiger partial charge on any atom is -0.333 e. The van der Waals surface area contributed by atoms with Gasteiger partial charge in [-0.3, -0.25) is 4.79 Å². The van der Waals surface area contributed by atoms with Crippen LogP contribution < -0.4 is 4.72 Å². The smallest absolute Gasteiger partial charge is 0.285 e. The van der Waals surface area contributed by atoms with Gasteiger partial charge < -0.3 is 4.57 Å². The zero-order valence-corrected chi connectivity index (χ0v) is 18.5. The van der Waals surface area contributed by atoms with E-state index >= 15 is 0 Å². The highest BCUT2D eigenvalue weighted by Gasteiger charge is 2.24. The number of aryl methyl sites for hydroxylation is 1. The van der Waals surface area contributed by atoms with E-state index in [1.54, 1.807) is 48.0 Å². The molecule has 0 saturated heterocycles. The fraction of sp³-hybridized carbons (Fsp3) is 0.0588. The largest absolute Gasteiger partial charge is 0.333 e. The average molecular weight is 534 g/mol. The third-order valence-electron chi connectivity index (χ3n) is 3.63. The third-order valence-corrected chi connectivity index (χ3v) is 6.78. The van der Waals surface area contributed by atoms with Gasteiger partial charge in [-0.15, -0.1) is 0 Å². The van der Waals surface area contributed by atoms with Gasteiger partial charge in [-0.1, -0.05) is 39.7 Å². The number of imidazole rings is 1. The topological polar surface area (TPSA) is 81.1 Å². The molecule has 0 radical (unpaired) electrons. The molecule has 6 nitrogen and oxygen atoms in total. The molecule has 0 aliphatic rings. The highest BCUT2D eigenvalue weighted by atomic mass is 79.9. The van der Waals surface area contributed by atoms with Crippen LogP contribution >= 0.6 is 43.5 Å². The minimum atomic E-state index is -4.09. The number of sulfonamides is 1. The summed E-state index contributed by atoms with van der Waals surface area (Å²) in [6.07, 6.45) is 1.44. The molecule has 1 amide bonds. The van der Waals surface area contributed by atoms with Crippen LogP contribution in [-0.2, 0) is 17.1 Å². The zero-order valence-electron chi connectivity index (χ0n) is 13.8. The van der Waals surface area contributed by atoms with Crippen molar-refractivity contribution in [3.63, 3.8) is 0 Å². The van der Waals surface area contributed by atoms with E-state index in [1.807, 2.05) is 4.72 Å². The van der Waals surface area contributed by atoms with Crippen molar-refractivity contribution in [2.24, 2.45) is 7.05 Å². The lowest BCUT2D eigenvalue weighted by atomic mass is 10.2. The summed E-state index contributed by atoms with van der Waals surface area (Å²) in [4.78, 5) is 16.7. The second-order valence-electron chi connectivity index (χ2n) is 5.55. The number of amides is 1. The van der Waals surface area contributed by atoms with Gasteiger partial charge in [0.25, 0.3) is 15.9 Å². The normalized spacial score (nSPS) is 11.4. The summed E-state index contributed by atoms with van der Waals surface area (Å²) in [5, 5.41) is 0.476. The summed E-state index contributed by atoms with van der Waals surface area (Å²) in [7, 11) is -2.39. The summed E-state index contributed by atoms with van der Waals surface area (Å²) in [6, 6.07) is 11.7. The van der Waals surface area contributed by atoms with E-state index in [0.717, 1.165) is 0 Å². The predicted molar refractivity (Wildman–Crippen MR) is 110 cm³/mol. The van der Waals surface area contributed by atoms with Crippen LogP contribution in [0.5, 0.6) is 0 Å². The van der Waals surface area contributed by atoms with Crippen molar-refractivity contribution in [3.8, 4) is 11.4 Å². The molecule has 0 unspecified atom stereocenters. The summed E-state index contributed by atoms with van der Waals surface area (Å²) in [5.74, 6) is -0.387. The molecule has 0 aliphatic heterocycles. The van der Waals surface area contributed by atoms with Crippen molar-refractivity contribution in [1.82, 2.24) is 14.3 Å². The van der Waals surface area contributed by atoms with Crippen molar-refractivity contribution >= 4 is 59.4 Å². The molecule has 1 N–H and O–H groups in total. The first kappa shape index (κ1) is 20.1. The van der Waals surface area contributed by atoms with Crippen LogP contribution in [0.1, 0.15) is 10.5 Å². The Morgan fingerprint density at radius 3 is 2.59 bits per heavy atom. The number of nitrogens with zero attached hydrogens (tertiary/aromatic N) is 2. The fourth-order valence-electron chi connectivity index (χ4n) is 2.38. The first-order valence-electron chi connectivity index (χ1n) is 7.49. The molecule has 0 aliphatic carbocycles. The number of rotatable bonds is 4. The maximum Gasteiger partial charge on any atom is 0.285 e. The van der Waals surface area contributed by atoms with E-state index in [0.29, 0.717) is 25.4 Å². The van der Waals surface area contributed by atoms with Gasteiger partial charge in [-0.2, -0.15) is 0 Å². The van der Waals surface area contributed by atoms with Gasteiger partial charge in [0, 0.05) is 27.8 Å². The van der Waals surface area contributed by atoms with Crippen molar-refractivity contribution in [3.05, 3.63) is 68.3 Å². The van der Waals surface area contributed by atoms with Crippen LogP contribution in [0.25, 0.3) is 11.4 Å². The van der Waals surface area contributed by atoms with Gasteiger partial charge in [0.1, 0.15) is 16.4 Å². The van der Waals surface area contributed by atoms with E-state index in [-0.39, 0.29) is 10.6 Å². The van der Waals surface area contributed by atoms with Gasteiger partial charge in [0.05, 0.1) is 5.02 Å². The Hall–Kier alpha value is -1.68. The second-order valence-corrected chi connectivity index (χ2v) is 9.38. The summed E-state index contributed by atoms with van der Waals surface area (Å²) in [5.41, 5.74) is 0.598. The molecular formula is C17H12Br2ClN3O3S. The lowest BCUT2D eigenvalue weighted by Crippen LogP contribution is -2.31. The first-order valence-corrected chi connectivity index (χ1v) is 10.9. The Balaban J connectivity index is 1.92. The monoisotopic (exact) mass is 531 g/mol. The molecule has 0 saturated carbocycles. The molecule has 0 fully saturated rings. The van der Waals surface area contributed by atoms with Crippen LogP contribution in [-0.4, -0.2) is 23.9 Å². The molecule has 10 heteroatoms. The molecule has 3 aromatic rings. The lowest BCUT2D eigenvalue weighted by Gasteiger charge is -2.08. The number of aromatic nitrogens is 2. The molecule has 0 spiro atoms. The molecule has 1 aromatic heterocycles. The van der Waals surface area contributed by atoms with Crippen molar-refractivity contribution in [1.29, 1.82) is 0 Å². The molecule has 0 atom stereocenters. The molecule has 1 heterocycles.